The molecule has 8 heteroatoms. The molecule has 1 amide bonds. The summed E-state index contributed by atoms with van der Waals surface area (Å²) in [5.74, 6) is 0.435. The Morgan fingerprint density at radius 1 is 1.06 bits per heavy atom. The Bertz CT molecular complexity index is 986. The van der Waals surface area contributed by atoms with Crippen LogP contribution in [0.25, 0.3) is 0 Å². The number of esters is 1. The fraction of sp³-hybridized carbons (Fsp3) is 0.462. The summed E-state index contributed by atoms with van der Waals surface area (Å²) in [5, 5.41) is 12.4. The maximum atomic E-state index is 12.2. The number of aryl methyl sites for hydroxylation is 2. The molecule has 0 saturated carbocycles. The van der Waals surface area contributed by atoms with Crippen molar-refractivity contribution in [3.8, 4) is 11.5 Å². The van der Waals surface area contributed by atoms with E-state index in [1.54, 1.807) is 12.1 Å². The second-order valence-corrected chi connectivity index (χ2v) is 10.0. The summed E-state index contributed by atoms with van der Waals surface area (Å²) < 4.78 is 15.8. The van der Waals surface area contributed by atoms with E-state index in [0.29, 0.717) is 24.5 Å². The number of carbonyl (C=O) groups excluding carboxylic acids is 2. The number of ether oxygens (including phenoxy) is 2. The van der Waals surface area contributed by atoms with Gasteiger partial charge in [0.15, 0.2) is 11.5 Å². The Labute approximate surface area is 206 Å². The predicted octanol–water partition coefficient (Wildman–Crippen LogP) is 5.34. The first-order valence-electron chi connectivity index (χ1n) is 11.2. The van der Waals surface area contributed by atoms with E-state index in [-0.39, 0.29) is 24.2 Å². The highest BCUT2D eigenvalue weighted by Gasteiger charge is 2.24. The van der Waals surface area contributed by atoms with Gasteiger partial charge in [0, 0.05) is 12.5 Å². The van der Waals surface area contributed by atoms with Crippen LogP contribution in [0.3, 0.4) is 0 Å². The number of hydrogen-bond acceptors (Lipinski definition) is 7. The number of phenols is 1. The zero-order valence-corrected chi connectivity index (χ0v) is 21.6. The third-order valence-corrected chi connectivity index (χ3v) is 6.02. The van der Waals surface area contributed by atoms with E-state index >= 15 is 0 Å². The van der Waals surface area contributed by atoms with E-state index in [1.165, 1.54) is 24.3 Å². The first-order chi connectivity index (χ1) is 16.0. The Morgan fingerprint density at radius 3 is 2.41 bits per heavy atom. The lowest BCUT2D eigenvalue weighted by atomic mass is 9.96. The number of amides is 1. The summed E-state index contributed by atoms with van der Waals surface area (Å²) in [6, 6.07) is 11.2. The number of carbonyl (C=O) groups is 2. The highest BCUT2D eigenvalue weighted by Crippen LogP contribution is 2.28. The minimum Gasteiger partial charge on any atom is -0.504 e. The average Bonchev–Trinajstić information content (AvgIpc) is 2.78. The minimum absolute atomic E-state index is 0.0527. The molecule has 2 aromatic rings. The number of hydrogen-bond donors (Lipinski definition) is 2. The van der Waals surface area contributed by atoms with Crippen LogP contribution >= 0.6 is 12.0 Å². The van der Waals surface area contributed by atoms with E-state index in [2.05, 4.69) is 37.4 Å². The Hall–Kier alpha value is -2.87. The molecule has 0 aliphatic heterocycles. The predicted molar refractivity (Wildman–Crippen MR) is 134 cm³/mol. The molecule has 2 rings (SSSR count). The van der Waals surface area contributed by atoms with Gasteiger partial charge in [-0.3, -0.25) is 4.79 Å². The maximum Gasteiger partial charge on any atom is 0.419 e. The molecule has 0 aromatic heterocycles. The molecule has 0 saturated heterocycles. The van der Waals surface area contributed by atoms with Crippen molar-refractivity contribution >= 4 is 24.1 Å². The van der Waals surface area contributed by atoms with Crippen molar-refractivity contribution in [2.24, 2.45) is 11.3 Å². The minimum atomic E-state index is -0.592. The molecule has 0 spiro atoms. The van der Waals surface area contributed by atoms with Crippen LogP contribution in [0.5, 0.6) is 11.5 Å². The summed E-state index contributed by atoms with van der Waals surface area (Å²) in [6.07, 6.45) is 0.0854. The summed E-state index contributed by atoms with van der Waals surface area (Å²) >= 11 is 0.986. The van der Waals surface area contributed by atoms with E-state index in [1.807, 2.05) is 20.8 Å². The molecular formula is C26H35NO6S. The van der Waals surface area contributed by atoms with Crippen molar-refractivity contribution in [3.05, 3.63) is 58.7 Å². The van der Waals surface area contributed by atoms with Gasteiger partial charge in [0.25, 0.3) is 0 Å². The van der Waals surface area contributed by atoms with E-state index in [4.69, 9.17) is 13.7 Å². The molecule has 0 bridgehead atoms. The average molecular weight is 490 g/mol. The Morgan fingerprint density at radius 2 is 1.76 bits per heavy atom. The molecule has 0 aliphatic rings. The number of benzene rings is 2. The van der Waals surface area contributed by atoms with E-state index < -0.39 is 11.5 Å². The van der Waals surface area contributed by atoms with Gasteiger partial charge in [-0.1, -0.05) is 24.3 Å². The molecule has 0 heterocycles. The van der Waals surface area contributed by atoms with Gasteiger partial charge in [-0.25, -0.2) is 4.79 Å². The summed E-state index contributed by atoms with van der Waals surface area (Å²) in [7, 11) is 1.48. The smallest absolute Gasteiger partial charge is 0.419 e. The standard InChI is InChI=1S/C26H35NO6S/c1-17-7-8-19(11-18(17)2)12-21(15-32-24(29)26(3,4)5)14-27-25(30)33-34-16-20-9-10-22(28)23(13-20)31-6/h7-11,13,21,28H,12,14-16H2,1-6H3,(H,27,30). The van der Waals surface area contributed by atoms with Crippen molar-refractivity contribution in [2.45, 2.75) is 46.8 Å². The third kappa shape index (κ3) is 8.82. The van der Waals surface area contributed by atoms with Gasteiger partial charge in [-0.2, -0.15) is 0 Å². The monoisotopic (exact) mass is 489 g/mol. The van der Waals surface area contributed by atoms with Crippen molar-refractivity contribution in [1.82, 2.24) is 5.32 Å². The van der Waals surface area contributed by atoms with E-state index in [9.17, 15) is 14.7 Å². The van der Waals surface area contributed by atoms with Crippen LogP contribution in [0.2, 0.25) is 0 Å². The SMILES string of the molecule is COc1cc(CSOC(=O)NCC(COC(=O)C(C)(C)C)Cc2ccc(C)c(C)c2)ccc1O. The number of rotatable bonds is 10. The second kappa shape index (κ2) is 12.6. The van der Waals surface area contributed by atoms with Crippen LogP contribution in [-0.2, 0) is 25.9 Å². The van der Waals surface area contributed by atoms with Crippen LogP contribution in [0.15, 0.2) is 36.4 Å². The van der Waals surface area contributed by atoms with Gasteiger partial charge >= 0.3 is 12.1 Å². The van der Waals surface area contributed by atoms with Crippen LogP contribution < -0.4 is 10.1 Å². The molecule has 7 nitrogen and oxygen atoms in total. The van der Waals surface area contributed by atoms with Gasteiger partial charge < -0.3 is 24.1 Å². The Kier molecular flexibility index (Phi) is 10.1. The quantitative estimate of drug-likeness (QED) is 0.344. The molecule has 2 N–H and O–H groups in total. The first-order valence-corrected chi connectivity index (χ1v) is 12.1. The largest absolute Gasteiger partial charge is 0.504 e. The van der Waals surface area contributed by atoms with Gasteiger partial charge in [0.2, 0.25) is 0 Å². The molecule has 0 radical (unpaired) electrons. The zero-order valence-electron chi connectivity index (χ0n) is 20.8. The van der Waals surface area contributed by atoms with Crippen LogP contribution in [0.4, 0.5) is 4.79 Å². The van der Waals surface area contributed by atoms with E-state index in [0.717, 1.165) is 23.2 Å². The molecule has 2 aromatic carbocycles. The zero-order chi connectivity index (χ0) is 25.3. The van der Waals surface area contributed by atoms with Crippen molar-refractivity contribution < 1.29 is 28.4 Å². The highest BCUT2D eigenvalue weighted by atomic mass is 32.2. The summed E-state index contributed by atoms with van der Waals surface area (Å²) in [5.41, 5.74) is 3.77. The molecule has 34 heavy (non-hydrogen) atoms. The van der Waals surface area contributed by atoms with Gasteiger partial charge in [-0.15, -0.1) is 0 Å². The highest BCUT2D eigenvalue weighted by molar-refractivity contribution is 7.94. The third-order valence-electron chi connectivity index (χ3n) is 5.30. The second-order valence-electron chi connectivity index (χ2n) is 9.36. The van der Waals surface area contributed by atoms with Crippen molar-refractivity contribution in [1.29, 1.82) is 0 Å². The lowest BCUT2D eigenvalue weighted by Gasteiger charge is -2.22. The summed E-state index contributed by atoms with van der Waals surface area (Å²) in [6.45, 7) is 10.0. The lowest BCUT2D eigenvalue weighted by molar-refractivity contribution is -0.154. The topological polar surface area (TPSA) is 94.1 Å². The Balaban J connectivity index is 1.90. The number of methoxy groups -OCH3 is 1. The number of nitrogens with one attached hydrogen (secondary N) is 1. The molecule has 0 fully saturated rings. The molecular weight excluding hydrogens is 454 g/mol. The number of aromatic hydroxyl groups is 1. The van der Waals surface area contributed by atoms with Crippen LogP contribution in [0, 0.1) is 25.2 Å². The fourth-order valence-electron chi connectivity index (χ4n) is 3.08. The van der Waals surface area contributed by atoms with Crippen molar-refractivity contribution in [2.75, 3.05) is 20.3 Å². The van der Waals surface area contributed by atoms with Gasteiger partial charge in [-0.05, 0) is 75.4 Å². The number of phenolic OH excluding ortho intramolecular Hbond substituents is 1. The van der Waals surface area contributed by atoms with Crippen molar-refractivity contribution in [3.63, 3.8) is 0 Å². The van der Waals surface area contributed by atoms with Gasteiger partial charge in [0.05, 0.1) is 36.9 Å². The van der Waals surface area contributed by atoms with Gasteiger partial charge in [0.1, 0.15) is 0 Å². The van der Waals surface area contributed by atoms with Crippen LogP contribution in [0.1, 0.15) is 43.0 Å². The first kappa shape index (κ1) is 27.4. The molecule has 186 valence electrons. The maximum absolute atomic E-state index is 12.2. The molecule has 0 aliphatic carbocycles. The fourth-order valence-corrected chi connectivity index (χ4v) is 3.62. The summed E-state index contributed by atoms with van der Waals surface area (Å²) in [4.78, 5) is 24.5. The molecule has 1 unspecified atom stereocenters. The normalized spacial score (nSPS) is 12.1. The van der Waals surface area contributed by atoms with Crippen LogP contribution in [-0.4, -0.2) is 37.4 Å². The lowest BCUT2D eigenvalue weighted by Crippen LogP contribution is -2.34. The molecule has 1 atom stereocenters.